The smallest absolute Gasteiger partial charge is 0.417 e. The molecule has 7 heteroatoms. The minimum absolute atomic E-state index is 0.0801. The van der Waals surface area contributed by atoms with Gasteiger partial charge in [0.05, 0.1) is 6.04 Å². The predicted octanol–water partition coefficient (Wildman–Crippen LogP) is 8.54. The number of aliphatic hydroxyl groups is 1. The van der Waals surface area contributed by atoms with Crippen LogP contribution in [0.5, 0.6) is 0 Å². The first-order valence-corrected chi connectivity index (χ1v) is 17.4. The Morgan fingerprint density at radius 2 is 1.46 bits per heavy atom. The van der Waals surface area contributed by atoms with Crippen LogP contribution in [0.15, 0.2) is 95.4 Å². The van der Waals surface area contributed by atoms with Gasteiger partial charge in [0, 0.05) is 18.6 Å². The molecule has 3 aromatic carbocycles. The molecule has 1 saturated heterocycles. The minimum Gasteiger partial charge on any atom is -0.457 e. The lowest BCUT2D eigenvalue weighted by atomic mass is 9.91. The van der Waals surface area contributed by atoms with Crippen LogP contribution >= 0.6 is 0 Å². The molecule has 1 aliphatic rings. The molecule has 1 N–H and O–H groups in total. The molecule has 0 spiro atoms. The highest BCUT2D eigenvalue weighted by Crippen LogP contribution is 2.32. The molecule has 1 fully saturated rings. The number of furan rings is 1. The van der Waals surface area contributed by atoms with Crippen LogP contribution in [0.1, 0.15) is 84.4 Å². The number of aliphatic hydroxyl groups excluding tert-OH is 1. The molecule has 2 heterocycles. The lowest BCUT2D eigenvalue weighted by molar-refractivity contribution is -0.131. The van der Waals surface area contributed by atoms with Crippen LogP contribution in [-0.2, 0) is 28.8 Å². The third-order valence-electron chi connectivity index (χ3n) is 9.10. The molecule has 1 aliphatic heterocycles. The average Bonchev–Trinajstić information content (AvgIpc) is 3.70. The number of ketones is 1. The molecule has 252 valence electrons. The number of hydrogen-bond acceptors (Lipinski definition) is 6. The van der Waals surface area contributed by atoms with E-state index in [1.807, 2.05) is 85.8 Å². The van der Waals surface area contributed by atoms with E-state index >= 15 is 0 Å². The zero-order valence-corrected chi connectivity index (χ0v) is 27.9. The zero-order chi connectivity index (χ0) is 33.7. The molecule has 0 aliphatic carbocycles. The number of aryl methyl sites for hydroxylation is 2. The van der Waals surface area contributed by atoms with Crippen LogP contribution in [0, 0.1) is 12.8 Å². The highest BCUT2D eigenvalue weighted by molar-refractivity contribution is 6.12. The van der Waals surface area contributed by atoms with E-state index in [0.29, 0.717) is 12.8 Å². The molecule has 2 atom stereocenters. The maximum atomic E-state index is 14.4. The topological polar surface area (TPSA) is 97.1 Å². The molecule has 5 rings (SSSR count). The summed E-state index contributed by atoms with van der Waals surface area (Å²) in [6.07, 6.45) is 9.03. The van der Waals surface area contributed by atoms with Gasteiger partial charge < -0.3 is 14.3 Å². The largest absolute Gasteiger partial charge is 0.457 e. The molecular weight excluding hydrogens is 602 g/mol. The lowest BCUT2D eigenvalue weighted by Crippen LogP contribution is -2.46. The molecular formula is C41H47NO6. The van der Waals surface area contributed by atoms with E-state index in [1.165, 1.54) is 6.42 Å². The fraction of sp³-hybridized carbons (Fsp3) is 0.390. The van der Waals surface area contributed by atoms with Gasteiger partial charge in [0.1, 0.15) is 18.3 Å². The van der Waals surface area contributed by atoms with Crippen molar-refractivity contribution in [1.29, 1.82) is 0 Å². The van der Waals surface area contributed by atoms with Crippen LogP contribution in [0.2, 0.25) is 0 Å². The van der Waals surface area contributed by atoms with Crippen molar-refractivity contribution in [3.8, 4) is 11.1 Å². The Kier molecular flexibility index (Phi) is 12.8. The van der Waals surface area contributed by atoms with Crippen LogP contribution in [-0.4, -0.2) is 47.0 Å². The summed E-state index contributed by atoms with van der Waals surface area (Å²) in [5.74, 6) is -1.30. The summed E-state index contributed by atoms with van der Waals surface area (Å²) in [7, 11) is 0. The summed E-state index contributed by atoms with van der Waals surface area (Å²) >= 11 is 0. The molecule has 0 saturated carbocycles. The number of carbonyl (C=O) groups is 3. The molecule has 1 aromatic heterocycles. The maximum Gasteiger partial charge on any atom is 0.417 e. The summed E-state index contributed by atoms with van der Waals surface area (Å²) < 4.78 is 11.7. The Morgan fingerprint density at radius 1 is 0.812 bits per heavy atom. The average molecular weight is 650 g/mol. The van der Waals surface area contributed by atoms with Crippen LogP contribution in [0.25, 0.3) is 11.1 Å². The van der Waals surface area contributed by atoms with E-state index in [0.717, 1.165) is 83.4 Å². The minimum atomic E-state index is -1.16. The van der Waals surface area contributed by atoms with E-state index in [1.54, 1.807) is 6.07 Å². The van der Waals surface area contributed by atoms with E-state index in [4.69, 9.17) is 14.3 Å². The van der Waals surface area contributed by atoms with Gasteiger partial charge in [-0.15, -0.1) is 0 Å². The number of ether oxygens (including phenoxy) is 1. The monoisotopic (exact) mass is 649 g/mol. The Bertz CT molecular complexity index is 1630. The Morgan fingerprint density at radius 3 is 2.12 bits per heavy atom. The predicted molar refractivity (Wildman–Crippen MR) is 187 cm³/mol. The van der Waals surface area contributed by atoms with Crippen molar-refractivity contribution in [3.05, 3.63) is 119 Å². The molecule has 0 unspecified atom stereocenters. The molecule has 7 nitrogen and oxygen atoms in total. The first-order chi connectivity index (χ1) is 23.4. The second-order valence-electron chi connectivity index (χ2n) is 12.9. The number of unbranched alkanes of at least 4 members (excludes halogenated alkanes) is 7. The van der Waals surface area contributed by atoms with Gasteiger partial charge in [-0.3, -0.25) is 9.59 Å². The van der Waals surface area contributed by atoms with Crippen molar-refractivity contribution in [2.24, 2.45) is 5.92 Å². The Hall–Kier alpha value is -4.49. The molecule has 4 aromatic rings. The number of hydrogen-bond donors (Lipinski definition) is 1. The van der Waals surface area contributed by atoms with E-state index in [9.17, 15) is 14.4 Å². The lowest BCUT2D eigenvalue weighted by Gasteiger charge is -2.24. The van der Waals surface area contributed by atoms with Gasteiger partial charge in [-0.25, -0.2) is 9.69 Å². The fourth-order valence-electron chi connectivity index (χ4n) is 6.50. The van der Waals surface area contributed by atoms with Gasteiger partial charge in [-0.1, -0.05) is 129 Å². The summed E-state index contributed by atoms with van der Waals surface area (Å²) in [5.41, 5.74) is 4.72. The highest BCUT2D eigenvalue weighted by atomic mass is 16.6. The van der Waals surface area contributed by atoms with Crippen molar-refractivity contribution >= 4 is 17.8 Å². The van der Waals surface area contributed by atoms with Gasteiger partial charge in [0.15, 0.2) is 5.76 Å². The summed E-state index contributed by atoms with van der Waals surface area (Å²) in [6, 6.07) is 28.5. The van der Waals surface area contributed by atoms with Crippen molar-refractivity contribution in [1.82, 2.24) is 4.90 Å². The Labute approximate surface area is 283 Å². The summed E-state index contributed by atoms with van der Waals surface area (Å²) in [6.45, 7) is 2.37. The van der Waals surface area contributed by atoms with Crippen LogP contribution in [0.3, 0.4) is 0 Å². The van der Waals surface area contributed by atoms with Crippen LogP contribution in [0.4, 0.5) is 4.79 Å². The van der Waals surface area contributed by atoms with Gasteiger partial charge in [0.2, 0.25) is 11.7 Å². The number of rotatable bonds is 18. The molecule has 48 heavy (non-hydrogen) atoms. The summed E-state index contributed by atoms with van der Waals surface area (Å²) in [5, 5.41) is 8.98. The van der Waals surface area contributed by atoms with E-state index in [2.05, 4.69) is 6.07 Å². The molecule has 0 bridgehead atoms. The van der Waals surface area contributed by atoms with Gasteiger partial charge >= 0.3 is 6.09 Å². The third kappa shape index (κ3) is 9.32. The van der Waals surface area contributed by atoms with Gasteiger partial charge in [-0.2, -0.15) is 0 Å². The van der Waals surface area contributed by atoms with Crippen molar-refractivity contribution < 1.29 is 28.6 Å². The maximum absolute atomic E-state index is 14.4. The highest BCUT2D eigenvalue weighted by Gasteiger charge is 2.44. The van der Waals surface area contributed by atoms with Crippen molar-refractivity contribution in [2.45, 2.75) is 83.6 Å². The van der Waals surface area contributed by atoms with E-state index < -0.39 is 29.7 Å². The SMILES string of the molecule is Cc1cccc(-c2cc(C(=O)[C@H](Cc3ccccc3)C(=O)N3C(=O)OC[C@H]3Cc3ccccc3)oc2CCCCCCCCCCO)c1. The first kappa shape index (κ1) is 34.8. The number of benzene rings is 3. The number of cyclic esters (lactones) is 1. The van der Waals surface area contributed by atoms with Gasteiger partial charge in [0.25, 0.3) is 0 Å². The van der Waals surface area contributed by atoms with Crippen LogP contribution < -0.4 is 0 Å². The number of carbonyl (C=O) groups excluding carboxylic acids is 3. The van der Waals surface area contributed by atoms with E-state index in [-0.39, 0.29) is 25.4 Å². The first-order valence-electron chi connectivity index (χ1n) is 17.4. The quantitative estimate of drug-likeness (QED) is 0.0659. The van der Waals surface area contributed by atoms with Gasteiger partial charge in [-0.05, 0) is 55.4 Å². The second kappa shape index (κ2) is 17.6. The number of nitrogens with zero attached hydrogens (tertiary/aromatic N) is 1. The number of amides is 2. The number of imide groups is 1. The molecule has 2 amide bonds. The normalized spacial score (nSPS) is 15.0. The number of Topliss-reactive ketones (excluding diaryl/α,β-unsaturated/α-hetero) is 1. The summed E-state index contributed by atoms with van der Waals surface area (Å²) in [4.78, 5) is 42.8. The third-order valence-corrected chi connectivity index (χ3v) is 9.10. The zero-order valence-electron chi connectivity index (χ0n) is 27.9. The Balaban J connectivity index is 1.38. The standard InChI is InChI=1S/C41H47NO6/c1-30-17-16-22-33(25-30)35-28-38(48-37(35)23-14-6-4-2-3-5-7-15-24-43)39(44)36(27-32-20-12-9-13-21-32)40(45)42-34(29-47-41(42)46)26-31-18-10-8-11-19-31/h8-13,16-22,25,28,34,36,43H,2-7,14-15,23-24,26-27,29H2,1H3/t34-,36+/m1/s1. The van der Waals surface area contributed by atoms with Crippen molar-refractivity contribution in [3.63, 3.8) is 0 Å². The van der Waals surface area contributed by atoms with Crippen molar-refractivity contribution in [2.75, 3.05) is 13.2 Å². The molecule has 0 radical (unpaired) electrons. The second-order valence-corrected chi connectivity index (χ2v) is 12.9. The fourth-order valence-corrected chi connectivity index (χ4v) is 6.50.